The molecule has 0 aliphatic heterocycles. The van der Waals surface area contributed by atoms with Gasteiger partial charge in [0.15, 0.2) is 5.82 Å². The molecule has 0 radical (unpaired) electrons. The van der Waals surface area contributed by atoms with E-state index in [4.69, 9.17) is 5.84 Å². The van der Waals surface area contributed by atoms with Crippen LogP contribution in [0.15, 0.2) is 34.3 Å². The van der Waals surface area contributed by atoms with E-state index in [0.717, 1.165) is 18.7 Å². The monoisotopic (exact) mass is 466 g/mol. The fourth-order valence-corrected chi connectivity index (χ4v) is 5.59. The van der Waals surface area contributed by atoms with Gasteiger partial charge in [0.25, 0.3) is 0 Å². The number of hydrogen-bond acceptors (Lipinski definition) is 7. The predicted octanol–water partition coefficient (Wildman–Crippen LogP) is 2.85. The average Bonchev–Trinajstić information content (AvgIpc) is 3.08. The first kappa shape index (κ1) is 23.6. The summed E-state index contributed by atoms with van der Waals surface area (Å²) in [4.78, 5) is 12.7. The molecule has 0 unspecified atom stereocenters. The molecule has 1 saturated carbocycles. The van der Waals surface area contributed by atoms with Crippen LogP contribution < -0.4 is 15.9 Å². The molecule has 1 aromatic carbocycles. The number of carbonyl (C=O) groups is 1. The molecule has 170 valence electrons. The van der Waals surface area contributed by atoms with E-state index in [1.807, 2.05) is 0 Å². The third kappa shape index (κ3) is 5.98. The quantitative estimate of drug-likeness (QED) is 0.402. The van der Waals surface area contributed by atoms with Crippen LogP contribution in [0.3, 0.4) is 0 Å². The van der Waals surface area contributed by atoms with Gasteiger partial charge in [0, 0.05) is 17.6 Å². The van der Waals surface area contributed by atoms with Gasteiger partial charge in [-0.2, -0.15) is 0 Å². The molecule has 11 heteroatoms. The van der Waals surface area contributed by atoms with Crippen LogP contribution in [0.1, 0.15) is 64.6 Å². The zero-order valence-electron chi connectivity index (χ0n) is 18.0. The van der Waals surface area contributed by atoms with Crippen LogP contribution in [-0.4, -0.2) is 40.5 Å². The SMILES string of the molecule is CC(C)NS(=O)(=O)c1ccc(NC(=O)[C@H](C)Sc2nnc(C3CCCCC3)n2N)cc1. The molecule has 4 N–H and O–H groups in total. The standard InChI is InChI=1S/C20H30N6O3S2/c1-13(2)25-31(28,29)17-11-9-16(10-12-17)22-19(27)14(3)30-20-24-23-18(26(20)21)15-7-5-4-6-8-15/h9-15,25H,4-8,21H2,1-3H3,(H,22,27)/t14-/m0/s1. The number of nitrogens with zero attached hydrogens (tertiary/aromatic N) is 3. The highest BCUT2D eigenvalue weighted by Crippen LogP contribution is 2.33. The van der Waals surface area contributed by atoms with Gasteiger partial charge < -0.3 is 11.2 Å². The minimum atomic E-state index is -3.57. The predicted molar refractivity (Wildman–Crippen MR) is 122 cm³/mol. The molecule has 1 aliphatic rings. The summed E-state index contributed by atoms with van der Waals surface area (Å²) in [7, 11) is -3.57. The molecular weight excluding hydrogens is 436 g/mol. The highest BCUT2D eigenvalue weighted by atomic mass is 32.2. The lowest BCUT2D eigenvalue weighted by molar-refractivity contribution is -0.115. The number of carbonyl (C=O) groups excluding carboxylic acids is 1. The number of nitrogen functional groups attached to an aromatic ring is 1. The summed E-state index contributed by atoms with van der Waals surface area (Å²) < 4.78 is 28.4. The highest BCUT2D eigenvalue weighted by Gasteiger charge is 2.25. The second-order valence-electron chi connectivity index (χ2n) is 8.10. The number of rotatable bonds is 8. The number of hydrogen-bond donors (Lipinski definition) is 3. The molecule has 1 aromatic heterocycles. The molecule has 1 amide bonds. The maximum absolute atomic E-state index is 12.6. The average molecular weight is 467 g/mol. The first-order valence-electron chi connectivity index (χ1n) is 10.5. The van der Waals surface area contributed by atoms with Crippen molar-refractivity contribution in [1.29, 1.82) is 0 Å². The number of anilines is 1. The third-order valence-corrected chi connectivity index (χ3v) is 7.87. The molecule has 0 saturated heterocycles. The Labute approximate surface area is 187 Å². The summed E-state index contributed by atoms with van der Waals surface area (Å²) in [6, 6.07) is 5.86. The van der Waals surface area contributed by atoms with Crippen molar-refractivity contribution in [3.8, 4) is 0 Å². The Balaban J connectivity index is 1.60. The van der Waals surface area contributed by atoms with Gasteiger partial charge in [-0.3, -0.25) is 4.79 Å². The van der Waals surface area contributed by atoms with Crippen molar-refractivity contribution in [2.24, 2.45) is 0 Å². The van der Waals surface area contributed by atoms with Crippen molar-refractivity contribution in [1.82, 2.24) is 19.6 Å². The lowest BCUT2D eigenvalue weighted by Crippen LogP contribution is -2.30. The second-order valence-corrected chi connectivity index (χ2v) is 11.1. The number of nitrogens with two attached hydrogens (primary N) is 1. The Bertz CT molecular complexity index is 998. The fraction of sp³-hybridized carbons (Fsp3) is 0.550. The molecule has 2 aromatic rings. The van der Waals surface area contributed by atoms with Crippen molar-refractivity contribution in [2.45, 2.75) is 80.1 Å². The van der Waals surface area contributed by atoms with E-state index in [1.165, 1.54) is 47.8 Å². The maximum Gasteiger partial charge on any atom is 0.240 e. The van der Waals surface area contributed by atoms with E-state index in [9.17, 15) is 13.2 Å². The first-order chi connectivity index (χ1) is 14.7. The summed E-state index contributed by atoms with van der Waals surface area (Å²) in [6.07, 6.45) is 5.72. The lowest BCUT2D eigenvalue weighted by Gasteiger charge is -2.20. The van der Waals surface area contributed by atoms with E-state index >= 15 is 0 Å². The van der Waals surface area contributed by atoms with Crippen LogP contribution in [-0.2, 0) is 14.8 Å². The smallest absolute Gasteiger partial charge is 0.240 e. The molecule has 1 heterocycles. The largest absolute Gasteiger partial charge is 0.336 e. The summed E-state index contributed by atoms with van der Waals surface area (Å²) >= 11 is 1.24. The number of amides is 1. The number of nitrogens with one attached hydrogen (secondary N) is 2. The minimum absolute atomic E-state index is 0.146. The number of sulfonamides is 1. The van der Waals surface area contributed by atoms with Crippen LogP contribution in [0.5, 0.6) is 0 Å². The van der Waals surface area contributed by atoms with Crippen molar-refractivity contribution in [2.75, 3.05) is 11.2 Å². The van der Waals surface area contributed by atoms with Crippen molar-refractivity contribution < 1.29 is 13.2 Å². The van der Waals surface area contributed by atoms with E-state index in [1.54, 1.807) is 32.9 Å². The van der Waals surface area contributed by atoms with Crippen LogP contribution in [0, 0.1) is 0 Å². The third-order valence-electron chi connectivity index (χ3n) is 5.14. The van der Waals surface area contributed by atoms with E-state index in [2.05, 4.69) is 20.2 Å². The first-order valence-corrected chi connectivity index (χ1v) is 12.8. The van der Waals surface area contributed by atoms with Crippen molar-refractivity contribution in [3.63, 3.8) is 0 Å². The molecule has 1 fully saturated rings. The van der Waals surface area contributed by atoms with Gasteiger partial charge in [0.05, 0.1) is 10.1 Å². The van der Waals surface area contributed by atoms with Gasteiger partial charge in [0.1, 0.15) is 0 Å². The number of aromatic nitrogens is 3. The van der Waals surface area contributed by atoms with Crippen LogP contribution in [0.25, 0.3) is 0 Å². The van der Waals surface area contributed by atoms with Gasteiger partial charge in [-0.25, -0.2) is 17.8 Å². The molecule has 9 nitrogen and oxygen atoms in total. The molecular formula is C20H30N6O3S2. The molecule has 0 bridgehead atoms. The summed E-state index contributed by atoms with van der Waals surface area (Å²) in [5.41, 5.74) is 0.512. The molecule has 31 heavy (non-hydrogen) atoms. The van der Waals surface area contributed by atoms with E-state index in [0.29, 0.717) is 16.8 Å². The Morgan fingerprint density at radius 2 is 1.77 bits per heavy atom. The number of thioether (sulfide) groups is 1. The molecule has 1 atom stereocenters. The summed E-state index contributed by atoms with van der Waals surface area (Å²) in [5.74, 6) is 7.07. The van der Waals surface area contributed by atoms with Crippen LogP contribution >= 0.6 is 11.8 Å². The Hall–Kier alpha value is -2.11. The van der Waals surface area contributed by atoms with Crippen molar-refractivity contribution >= 4 is 33.4 Å². The second kappa shape index (κ2) is 10.0. The Morgan fingerprint density at radius 1 is 1.13 bits per heavy atom. The zero-order chi connectivity index (χ0) is 22.6. The minimum Gasteiger partial charge on any atom is -0.336 e. The zero-order valence-corrected chi connectivity index (χ0v) is 19.7. The van der Waals surface area contributed by atoms with Gasteiger partial charge in [-0.05, 0) is 57.9 Å². The topological polar surface area (TPSA) is 132 Å². The van der Waals surface area contributed by atoms with E-state index in [-0.39, 0.29) is 16.8 Å². The lowest BCUT2D eigenvalue weighted by atomic mass is 9.89. The van der Waals surface area contributed by atoms with Crippen LogP contribution in [0.4, 0.5) is 5.69 Å². The van der Waals surface area contributed by atoms with Crippen LogP contribution in [0.2, 0.25) is 0 Å². The van der Waals surface area contributed by atoms with Gasteiger partial charge in [0.2, 0.25) is 21.1 Å². The van der Waals surface area contributed by atoms with Gasteiger partial charge in [-0.15, -0.1) is 10.2 Å². The number of benzene rings is 1. The molecule has 1 aliphatic carbocycles. The Morgan fingerprint density at radius 3 is 2.39 bits per heavy atom. The highest BCUT2D eigenvalue weighted by molar-refractivity contribution is 8.00. The maximum atomic E-state index is 12.6. The summed E-state index contributed by atoms with van der Waals surface area (Å²) in [6.45, 7) is 5.28. The molecule has 3 rings (SSSR count). The van der Waals surface area contributed by atoms with Gasteiger partial charge in [-0.1, -0.05) is 31.0 Å². The fourth-order valence-electron chi connectivity index (χ4n) is 3.56. The Kier molecular flexibility index (Phi) is 7.60. The normalized spacial score (nSPS) is 16.4. The van der Waals surface area contributed by atoms with Crippen molar-refractivity contribution in [3.05, 3.63) is 30.1 Å². The molecule has 0 spiro atoms. The van der Waals surface area contributed by atoms with E-state index < -0.39 is 15.3 Å². The van der Waals surface area contributed by atoms with Gasteiger partial charge >= 0.3 is 0 Å². The summed E-state index contributed by atoms with van der Waals surface area (Å²) in [5, 5.41) is 11.3.